The van der Waals surface area contributed by atoms with E-state index in [1.807, 2.05) is 0 Å². The van der Waals surface area contributed by atoms with E-state index < -0.39 is 24.1 Å². The summed E-state index contributed by atoms with van der Waals surface area (Å²) in [6.45, 7) is 20.1. The molecule has 14 heteroatoms. The second-order valence-corrected chi connectivity index (χ2v) is 17.0. The van der Waals surface area contributed by atoms with E-state index in [1.54, 1.807) is 0 Å². The highest BCUT2D eigenvalue weighted by atomic mass is 16.6. The van der Waals surface area contributed by atoms with Crippen LogP contribution in [-0.4, -0.2) is 88.3 Å². The molecule has 2 amide bonds. The lowest BCUT2D eigenvalue weighted by Crippen LogP contribution is -2.47. The Balaban J connectivity index is 1.65. The average molecular weight is 765 g/mol. The van der Waals surface area contributed by atoms with E-state index in [9.17, 15) is 28.8 Å². The zero-order valence-corrected chi connectivity index (χ0v) is 33.4. The molecule has 0 bridgehead atoms. The van der Waals surface area contributed by atoms with E-state index in [2.05, 4.69) is 65.3 Å². The minimum atomic E-state index is -0.582. The van der Waals surface area contributed by atoms with E-state index >= 15 is 0 Å². The van der Waals surface area contributed by atoms with Gasteiger partial charge in [-0.2, -0.15) is 0 Å². The van der Waals surface area contributed by atoms with Crippen LogP contribution in [0.1, 0.15) is 112 Å². The number of esters is 4. The number of hydrogen-bond acceptors (Lipinski definition) is 12. The normalized spacial score (nSPS) is 24.1. The van der Waals surface area contributed by atoms with Gasteiger partial charge in [0.15, 0.2) is 0 Å². The molecule has 2 rings (SSSR count). The molecule has 0 aromatic heterocycles. The first kappa shape index (κ1) is 46.1. The topological polar surface area (TPSA) is 182 Å². The minimum Gasteiger partial charge on any atom is -0.466 e. The fraction of sp³-hybridized carbons (Fsp3) is 0.750. The summed E-state index contributed by atoms with van der Waals surface area (Å²) >= 11 is 0. The molecule has 2 aliphatic carbocycles. The van der Waals surface area contributed by atoms with Crippen LogP contribution < -0.4 is 10.6 Å². The fourth-order valence-electron chi connectivity index (χ4n) is 8.62. The molecule has 54 heavy (non-hydrogen) atoms. The predicted molar refractivity (Wildman–Crippen MR) is 200 cm³/mol. The molecule has 0 aliphatic heterocycles. The number of nitrogens with one attached hydrogen (secondary N) is 2. The summed E-state index contributed by atoms with van der Waals surface area (Å²) in [6.07, 6.45) is 8.01. The largest absolute Gasteiger partial charge is 0.466 e. The highest BCUT2D eigenvalue weighted by Crippen LogP contribution is 2.50. The summed E-state index contributed by atoms with van der Waals surface area (Å²) in [4.78, 5) is 72.2. The summed E-state index contributed by atoms with van der Waals surface area (Å²) in [7, 11) is 0. The fourth-order valence-corrected chi connectivity index (χ4v) is 8.62. The molecule has 4 unspecified atom stereocenters. The molecule has 0 saturated heterocycles. The van der Waals surface area contributed by atoms with Gasteiger partial charge in [-0.3, -0.25) is 9.59 Å². The van der Waals surface area contributed by atoms with Crippen LogP contribution >= 0.6 is 0 Å². The van der Waals surface area contributed by atoms with Crippen molar-refractivity contribution >= 4 is 36.1 Å². The van der Waals surface area contributed by atoms with E-state index in [0.717, 1.165) is 44.3 Å². The van der Waals surface area contributed by atoms with E-state index in [0.29, 0.717) is 32.2 Å². The molecule has 2 fully saturated rings. The zero-order valence-electron chi connectivity index (χ0n) is 33.4. The van der Waals surface area contributed by atoms with Crippen molar-refractivity contribution in [2.45, 2.75) is 118 Å². The SMILES string of the molecule is C=CC(=O)OCCOC(=O)CC1CC(C)(C)CC(C)(CNC(=O)OCCCCOC(=O)CCC2(C)CC(NC(=O)OCCOC(=O)C=C)CC(C)(C)C2)C1. The first-order valence-corrected chi connectivity index (χ1v) is 19.0. The summed E-state index contributed by atoms with van der Waals surface area (Å²) in [5.74, 6) is -1.70. The van der Waals surface area contributed by atoms with Crippen LogP contribution in [0.25, 0.3) is 0 Å². The standard InChI is InChI=1S/C40H64N2O12/c1-9-31(43)50-17-18-52-34(46)21-29-22-37(3,4)27-40(8,23-29)28-41-35(47)53-16-12-11-15-49-33(45)13-14-39(7)25-30(24-38(5,6)26-39)42-36(48)54-20-19-51-32(44)10-2/h9-10,29-30H,1-2,11-28H2,3-8H3,(H,41,47)(H,42,48). The lowest BCUT2D eigenvalue weighted by molar-refractivity contribution is -0.151. The molecule has 306 valence electrons. The van der Waals surface area contributed by atoms with Crippen LogP contribution in [0, 0.1) is 27.6 Å². The monoisotopic (exact) mass is 764 g/mol. The van der Waals surface area contributed by atoms with Gasteiger partial charge in [-0.1, -0.05) is 54.7 Å². The Morgan fingerprint density at radius 1 is 0.611 bits per heavy atom. The maximum Gasteiger partial charge on any atom is 0.407 e. The van der Waals surface area contributed by atoms with Crippen molar-refractivity contribution in [3.8, 4) is 0 Å². The van der Waals surface area contributed by atoms with Crippen molar-refractivity contribution in [2.75, 3.05) is 46.2 Å². The van der Waals surface area contributed by atoms with Gasteiger partial charge in [0, 0.05) is 37.6 Å². The van der Waals surface area contributed by atoms with Crippen LogP contribution in [0.15, 0.2) is 25.3 Å². The van der Waals surface area contributed by atoms with Gasteiger partial charge in [-0.15, -0.1) is 0 Å². The van der Waals surface area contributed by atoms with Crippen LogP contribution in [0.2, 0.25) is 0 Å². The van der Waals surface area contributed by atoms with Crippen molar-refractivity contribution in [2.24, 2.45) is 27.6 Å². The van der Waals surface area contributed by atoms with Crippen molar-refractivity contribution < 1.29 is 57.2 Å². The molecular formula is C40H64N2O12. The third-order valence-electron chi connectivity index (χ3n) is 9.86. The molecule has 2 N–H and O–H groups in total. The van der Waals surface area contributed by atoms with Crippen molar-refractivity contribution in [3.63, 3.8) is 0 Å². The molecule has 0 aromatic rings. The summed E-state index contributed by atoms with van der Waals surface area (Å²) in [5.41, 5.74) is -0.526. The van der Waals surface area contributed by atoms with Crippen LogP contribution in [0.3, 0.4) is 0 Å². The highest BCUT2D eigenvalue weighted by Gasteiger charge is 2.43. The number of carbonyl (C=O) groups excluding carboxylic acids is 6. The van der Waals surface area contributed by atoms with Gasteiger partial charge in [0.25, 0.3) is 0 Å². The molecule has 14 nitrogen and oxygen atoms in total. The predicted octanol–water partition coefficient (Wildman–Crippen LogP) is 6.35. The van der Waals surface area contributed by atoms with Crippen LogP contribution in [0.4, 0.5) is 9.59 Å². The molecule has 4 atom stereocenters. The Morgan fingerprint density at radius 2 is 1.13 bits per heavy atom. The molecule has 2 aliphatic rings. The Kier molecular flexibility index (Phi) is 18.5. The molecule has 0 heterocycles. The summed E-state index contributed by atoms with van der Waals surface area (Å²) in [5, 5.41) is 5.81. The molecule has 0 aromatic carbocycles. The van der Waals surface area contributed by atoms with E-state index in [4.69, 9.17) is 28.4 Å². The quantitative estimate of drug-likeness (QED) is 0.0573. The van der Waals surface area contributed by atoms with Crippen molar-refractivity contribution in [3.05, 3.63) is 25.3 Å². The average Bonchev–Trinajstić information content (AvgIpc) is 3.06. The van der Waals surface area contributed by atoms with Crippen LogP contribution in [0.5, 0.6) is 0 Å². The maximum atomic E-state index is 12.6. The number of rotatable bonds is 21. The van der Waals surface area contributed by atoms with Gasteiger partial charge in [0.2, 0.25) is 0 Å². The lowest BCUT2D eigenvalue weighted by atomic mass is 9.60. The molecule has 0 spiro atoms. The highest BCUT2D eigenvalue weighted by molar-refractivity contribution is 5.81. The number of hydrogen-bond donors (Lipinski definition) is 2. The Labute approximate surface area is 320 Å². The van der Waals surface area contributed by atoms with Gasteiger partial charge in [0.05, 0.1) is 13.2 Å². The first-order chi connectivity index (χ1) is 25.3. The van der Waals surface area contributed by atoms with E-state index in [-0.39, 0.29) is 98.0 Å². The number of alkyl carbamates (subject to hydrolysis) is 2. The maximum absolute atomic E-state index is 12.6. The minimum absolute atomic E-state index is 0.0112. The summed E-state index contributed by atoms with van der Waals surface area (Å²) in [6, 6.07) is -0.130. The van der Waals surface area contributed by atoms with Gasteiger partial charge in [-0.25, -0.2) is 19.2 Å². The lowest BCUT2D eigenvalue weighted by Gasteiger charge is -2.46. The van der Waals surface area contributed by atoms with Gasteiger partial charge < -0.3 is 39.1 Å². The van der Waals surface area contributed by atoms with Gasteiger partial charge in [0.1, 0.15) is 26.4 Å². The van der Waals surface area contributed by atoms with E-state index in [1.165, 1.54) is 0 Å². The number of ether oxygens (including phenoxy) is 6. The third-order valence-corrected chi connectivity index (χ3v) is 9.86. The number of amides is 2. The first-order valence-electron chi connectivity index (χ1n) is 19.0. The third kappa shape index (κ3) is 18.8. The second-order valence-electron chi connectivity index (χ2n) is 17.0. The second kappa shape index (κ2) is 21.7. The van der Waals surface area contributed by atoms with Gasteiger partial charge in [-0.05, 0) is 85.4 Å². The van der Waals surface area contributed by atoms with Crippen molar-refractivity contribution in [1.29, 1.82) is 0 Å². The molecular weight excluding hydrogens is 700 g/mol. The Bertz CT molecular complexity index is 1220. The Morgan fingerprint density at radius 3 is 1.76 bits per heavy atom. The van der Waals surface area contributed by atoms with Crippen molar-refractivity contribution in [1.82, 2.24) is 10.6 Å². The number of carbonyl (C=O) groups is 6. The van der Waals surface area contributed by atoms with Gasteiger partial charge >= 0.3 is 36.1 Å². The summed E-state index contributed by atoms with van der Waals surface area (Å²) < 4.78 is 30.9. The molecule has 0 radical (unpaired) electrons. The zero-order chi connectivity index (χ0) is 40.4. The van der Waals surface area contributed by atoms with Crippen LogP contribution in [-0.2, 0) is 47.6 Å². The smallest absolute Gasteiger partial charge is 0.407 e. The number of unbranched alkanes of at least 4 members (excludes halogenated alkanes) is 1. The molecule has 2 saturated carbocycles. The Hall–Kier alpha value is -4.10.